The summed E-state index contributed by atoms with van der Waals surface area (Å²) in [5.74, 6) is 0.606. The first kappa shape index (κ1) is 14.7. The first-order valence-electron chi connectivity index (χ1n) is 7.11. The largest absolute Gasteiger partial charge is 0.490 e. The molecule has 0 aromatic heterocycles. The summed E-state index contributed by atoms with van der Waals surface area (Å²) in [5.41, 5.74) is 7.58. The van der Waals surface area contributed by atoms with Crippen LogP contribution in [0.1, 0.15) is 25.3 Å². The van der Waals surface area contributed by atoms with E-state index in [1.54, 1.807) is 0 Å². The fourth-order valence-corrected chi connectivity index (χ4v) is 2.14. The molecular formula is C15H22N2O3. The van der Waals surface area contributed by atoms with E-state index in [9.17, 15) is 4.79 Å². The Hall–Kier alpha value is -1.75. The van der Waals surface area contributed by atoms with Crippen LogP contribution in [0.5, 0.6) is 5.75 Å². The molecule has 5 heteroatoms. The summed E-state index contributed by atoms with van der Waals surface area (Å²) in [4.78, 5) is 13.8. The first-order chi connectivity index (χ1) is 9.74. The van der Waals surface area contributed by atoms with E-state index in [-0.39, 0.29) is 12.5 Å². The lowest BCUT2D eigenvalue weighted by Crippen LogP contribution is -2.37. The topological polar surface area (TPSA) is 64.8 Å². The molecular weight excluding hydrogens is 256 g/mol. The Morgan fingerprint density at radius 1 is 1.50 bits per heavy atom. The molecule has 1 aromatic rings. The normalized spacial score (nSPS) is 13.6. The number of hydrogen-bond donors (Lipinski definition) is 1. The van der Waals surface area contributed by atoms with Crippen LogP contribution in [-0.2, 0) is 16.1 Å². The molecule has 0 aliphatic carbocycles. The van der Waals surface area contributed by atoms with Gasteiger partial charge in [0.05, 0.1) is 18.8 Å². The Bertz CT molecular complexity index is 462. The Morgan fingerprint density at radius 3 is 3.10 bits per heavy atom. The predicted octanol–water partition coefficient (Wildman–Crippen LogP) is 1.69. The maximum atomic E-state index is 11.8. The summed E-state index contributed by atoms with van der Waals surface area (Å²) in [6.07, 6.45) is 1.93. The standard InChI is InChI=1S/C15H22N2O3/c1-2-3-7-20-15(18)11-17-6-8-19-14-9-12(10-16)4-5-13(14)17/h4-5,9H,2-3,6-8,10-11,16H2,1H3. The molecule has 1 heterocycles. The minimum Gasteiger partial charge on any atom is -0.490 e. The zero-order valence-electron chi connectivity index (χ0n) is 11.9. The van der Waals surface area contributed by atoms with Crippen LogP contribution in [0.25, 0.3) is 0 Å². The number of fused-ring (bicyclic) bond motifs is 1. The SMILES string of the molecule is CCCCOC(=O)CN1CCOc2cc(CN)ccc21. The highest BCUT2D eigenvalue weighted by Gasteiger charge is 2.20. The number of ether oxygens (including phenoxy) is 2. The molecule has 0 spiro atoms. The van der Waals surface area contributed by atoms with E-state index < -0.39 is 0 Å². The van der Waals surface area contributed by atoms with Gasteiger partial charge in [-0.2, -0.15) is 0 Å². The van der Waals surface area contributed by atoms with Crippen LogP contribution in [0.15, 0.2) is 18.2 Å². The molecule has 0 saturated carbocycles. The van der Waals surface area contributed by atoms with Crippen LogP contribution < -0.4 is 15.4 Å². The molecule has 1 aliphatic heterocycles. The molecule has 2 rings (SSSR count). The van der Waals surface area contributed by atoms with Gasteiger partial charge in [0.2, 0.25) is 0 Å². The van der Waals surface area contributed by atoms with Crippen molar-refractivity contribution in [3.8, 4) is 5.75 Å². The highest BCUT2D eigenvalue weighted by molar-refractivity contribution is 5.77. The third kappa shape index (κ3) is 3.63. The molecule has 1 aromatic carbocycles. The summed E-state index contributed by atoms with van der Waals surface area (Å²) in [5, 5.41) is 0. The molecule has 0 bridgehead atoms. The van der Waals surface area contributed by atoms with Gasteiger partial charge in [0, 0.05) is 6.54 Å². The molecule has 0 amide bonds. The second-order valence-corrected chi connectivity index (χ2v) is 4.85. The average molecular weight is 278 g/mol. The van der Waals surface area contributed by atoms with E-state index in [0.29, 0.717) is 26.3 Å². The molecule has 1 aliphatic rings. The second kappa shape index (κ2) is 7.14. The monoisotopic (exact) mass is 278 g/mol. The number of unbranched alkanes of at least 4 members (excludes halogenated alkanes) is 1. The third-order valence-electron chi connectivity index (χ3n) is 3.30. The Kier molecular flexibility index (Phi) is 5.24. The minimum atomic E-state index is -0.186. The minimum absolute atomic E-state index is 0.186. The molecule has 0 unspecified atom stereocenters. The molecule has 2 N–H and O–H groups in total. The van der Waals surface area contributed by atoms with E-state index in [4.69, 9.17) is 15.2 Å². The maximum absolute atomic E-state index is 11.8. The van der Waals surface area contributed by atoms with Crippen molar-refractivity contribution in [3.63, 3.8) is 0 Å². The van der Waals surface area contributed by atoms with Crippen LogP contribution in [-0.4, -0.2) is 32.3 Å². The van der Waals surface area contributed by atoms with Gasteiger partial charge in [0.1, 0.15) is 18.9 Å². The smallest absolute Gasteiger partial charge is 0.325 e. The highest BCUT2D eigenvalue weighted by Crippen LogP contribution is 2.32. The van der Waals surface area contributed by atoms with Crippen molar-refractivity contribution < 1.29 is 14.3 Å². The summed E-state index contributed by atoms with van der Waals surface area (Å²) in [6, 6.07) is 5.85. The van der Waals surface area contributed by atoms with Crippen LogP contribution in [0.4, 0.5) is 5.69 Å². The maximum Gasteiger partial charge on any atom is 0.325 e. The van der Waals surface area contributed by atoms with Crippen molar-refractivity contribution >= 4 is 11.7 Å². The lowest BCUT2D eigenvalue weighted by Gasteiger charge is -2.30. The molecule has 20 heavy (non-hydrogen) atoms. The summed E-state index contributed by atoms with van der Waals surface area (Å²) in [7, 11) is 0. The van der Waals surface area contributed by atoms with Crippen molar-refractivity contribution in [2.75, 3.05) is 31.2 Å². The number of nitrogens with zero attached hydrogens (tertiary/aromatic N) is 1. The van der Waals surface area contributed by atoms with Gasteiger partial charge in [-0.1, -0.05) is 19.4 Å². The first-order valence-corrected chi connectivity index (χ1v) is 7.11. The molecule has 5 nitrogen and oxygen atoms in total. The summed E-state index contributed by atoms with van der Waals surface area (Å²) < 4.78 is 10.8. The van der Waals surface area contributed by atoms with E-state index in [0.717, 1.165) is 29.8 Å². The molecule has 110 valence electrons. The van der Waals surface area contributed by atoms with Crippen LogP contribution in [0.3, 0.4) is 0 Å². The number of carbonyl (C=O) groups excluding carboxylic acids is 1. The predicted molar refractivity (Wildman–Crippen MR) is 77.9 cm³/mol. The van der Waals surface area contributed by atoms with Gasteiger partial charge in [-0.05, 0) is 24.1 Å². The number of benzene rings is 1. The number of nitrogens with two attached hydrogens (primary N) is 1. The molecule has 0 radical (unpaired) electrons. The lowest BCUT2D eigenvalue weighted by molar-refractivity contribution is -0.142. The van der Waals surface area contributed by atoms with Gasteiger partial charge in [0.15, 0.2) is 0 Å². The van der Waals surface area contributed by atoms with E-state index in [1.165, 1.54) is 0 Å². The van der Waals surface area contributed by atoms with Gasteiger partial charge < -0.3 is 20.1 Å². The lowest BCUT2D eigenvalue weighted by atomic mass is 10.1. The van der Waals surface area contributed by atoms with E-state index in [2.05, 4.69) is 6.92 Å². The summed E-state index contributed by atoms with van der Waals surface area (Å²) in [6.45, 7) is 4.58. The zero-order valence-corrected chi connectivity index (χ0v) is 11.9. The van der Waals surface area contributed by atoms with Crippen molar-refractivity contribution in [1.29, 1.82) is 0 Å². The molecule has 0 atom stereocenters. The van der Waals surface area contributed by atoms with Crippen molar-refractivity contribution in [3.05, 3.63) is 23.8 Å². The van der Waals surface area contributed by atoms with E-state index in [1.807, 2.05) is 23.1 Å². The van der Waals surface area contributed by atoms with Crippen LogP contribution >= 0.6 is 0 Å². The molecule has 0 fully saturated rings. The average Bonchev–Trinajstić information content (AvgIpc) is 2.47. The summed E-state index contributed by atoms with van der Waals surface area (Å²) >= 11 is 0. The van der Waals surface area contributed by atoms with Crippen molar-refractivity contribution in [2.45, 2.75) is 26.3 Å². The number of esters is 1. The van der Waals surface area contributed by atoms with Gasteiger partial charge in [0.25, 0.3) is 0 Å². The Balaban J connectivity index is 1.99. The number of hydrogen-bond acceptors (Lipinski definition) is 5. The van der Waals surface area contributed by atoms with Gasteiger partial charge >= 0.3 is 5.97 Å². The highest BCUT2D eigenvalue weighted by atomic mass is 16.5. The van der Waals surface area contributed by atoms with Crippen molar-refractivity contribution in [2.24, 2.45) is 5.73 Å². The second-order valence-electron chi connectivity index (χ2n) is 4.85. The van der Waals surface area contributed by atoms with Gasteiger partial charge in [-0.15, -0.1) is 0 Å². The van der Waals surface area contributed by atoms with Gasteiger partial charge in [-0.3, -0.25) is 4.79 Å². The number of rotatable bonds is 6. The Labute approximate surface area is 119 Å². The quantitative estimate of drug-likeness (QED) is 0.633. The number of anilines is 1. The van der Waals surface area contributed by atoms with Gasteiger partial charge in [-0.25, -0.2) is 0 Å². The zero-order chi connectivity index (χ0) is 14.4. The van der Waals surface area contributed by atoms with E-state index >= 15 is 0 Å². The fraction of sp³-hybridized carbons (Fsp3) is 0.533. The van der Waals surface area contributed by atoms with Crippen LogP contribution in [0, 0.1) is 0 Å². The van der Waals surface area contributed by atoms with Crippen molar-refractivity contribution in [1.82, 2.24) is 0 Å². The van der Waals surface area contributed by atoms with Crippen LogP contribution in [0.2, 0.25) is 0 Å². The fourth-order valence-electron chi connectivity index (χ4n) is 2.14. The third-order valence-corrected chi connectivity index (χ3v) is 3.30. The number of carbonyl (C=O) groups is 1. The Morgan fingerprint density at radius 2 is 2.35 bits per heavy atom. The molecule has 0 saturated heterocycles.